The normalized spacial score (nSPS) is 10.1. The van der Waals surface area contributed by atoms with Crippen molar-refractivity contribution < 1.29 is 9.72 Å². The predicted molar refractivity (Wildman–Crippen MR) is 73.3 cm³/mol. The fourth-order valence-electron chi connectivity index (χ4n) is 1.50. The minimum absolute atomic E-state index is 0.126. The maximum absolute atomic E-state index is 10.9. The first kappa shape index (κ1) is 13.0. The molecule has 1 aromatic heterocycles. The highest BCUT2D eigenvalue weighted by atomic mass is 32.1. The van der Waals surface area contributed by atoms with Gasteiger partial charge in [0.25, 0.3) is 0 Å². The molecule has 2 aromatic rings. The van der Waals surface area contributed by atoms with E-state index in [9.17, 15) is 14.9 Å². The van der Waals surface area contributed by atoms with Gasteiger partial charge in [-0.25, -0.2) is 0 Å². The molecule has 2 rings (SSSR count). The number of carbonyl (C=O) groups is 1. The van der Waals surface area contributed by atoms with Crippen LogP contribution >= 0.6 is 11.3 Å². The van der Waals surface area contributed by atoms with E-state index < -0.39 is 10.8 Å². The first-order valence-electron chi connectivity index (χ1n) is 5.43. The molecule has 0 fully saturated rings. The zero-order chi connectivity index (χ0) is 13.8. The van der Waals surface area contributed by atoms with Crippen LogP contribution in [-0.4, -0.2) is 10.8 Å². The summed E-state index contributed by atoms with van der Waals surface area (Å²) in [6.07, 6.45) is 0. The maximum atomic E-state index is 10.9. The first-order valence-corrected chi connectivity index (χ1v) is 6.25. The summed E-state index contributed by atoms with van der Waals surface area (Å²) in [6.45, 7) is 0.494. The molecule has 0 saturated heterocycles. The lowest BCUT2D eigenvalue weighted by Crippen LogP contribution is -2.10. The molecule has 0 aliphatic rings. The SMILES string of the molecule is NC(=O)c1ccc(NCc2ccc([N+](=O)[O-])s2)cc1. The van der Waals surface area contributed by atoms with Crippen LogP contribution in [0.5, 0.6) is 0 Å². The Hall–Kier alpha value is -2.41. The van der Waals surface area contributed by atoms with Crippen molar-refractivity contribution in [3.63, 3.8) is 0 Å². The number of anilines is 1. The fourth-order valence-corrected chi connectivity index (χ4v) is 2.26. The second-order valence-corrected chi connectivity index (χ2v) is 4.94. The fraction of sp³-hybridized carbons (Fsp3) is 0.0833. The number of primary amides is 1. The van der Waals surface area contributed by atoms with Crippen molar-refractivity contribution in [2.75, 3.05) is 5.32 Å². The molecule has 7 heteroatoms. The van der Waals surface area contributed by atoms with Crippen LogP contribution in [0.3, 0.4) is 0 Å². The van der Waals surface area contributed by atoms with Gasteiger partial charge in [-0.1, -0.05) is 11.3 Å². The number of amides is 1. The summed E-state index contributed by atoms with van der Waals surface area (Å²) in [6, 6.07) is 9.93. The summed E-state index contributed by atoms with van der Waals surface area (Å²) in [5.41, 5.74) is 6.40. The van der Waals surface area contributed by atoms with Gasteiger partial charge >= 0.3 is 5.00 Å². The minimum atomic E-state index is -0.472. The molecule has 0 aliphatic carbocycles. The van der Waals surface area contributed by atoms with Gasteiger partial charge in [0.15, 0.2) is 0 Å². The second-order valence-electron chi connectivity index (χ2n) is 3.79. The van der Waals surface area contributed by atoms with E-state index in [0.29, 0.717) is 12.1 Å². The average molecular weight is 277 g/mol. The predicted octanol–water partition coefficient (Wildman–Crippen LogP) is 2.37. The lowest BCUT2D eigenvalue weighted by molar-refractivity contribution is -0.380. The number of nitrogens with zero attached hydrogens (tertiary/aromatic N) is 1. The Morgan fingerprint density at radius 2 is 1.95 bits per heavy atom. The van der Waals surface area contributed by atoms with E-state index in [4.69, 9.17) is 5.73 Å². The van der Waals surface area contributed by atoms with Crippen LogP contribution in [0.15, 0.2) is 36.4 Å². The quantitative estimate of drug-likeness (QED) is 0.647. The summed E-state index contributed by atoms with van der Waals surface area (Å²) in [4.78, 5) is 21.9. The smallest absolute Gasteiger partial charge is 0.324 e. The van der Waals surface area contributed by atoms with Gasteiger partial charge in [-0.15, -0.1) is 0 Å². The molecule has 0 aliphatic heterocycles. The Morgan fingerprint density at radius 1 is 1.26 bits per heavy atom. The van der Waals surface area contributed by atoms with Crippen molar-refractivity contribution in [2.45, 2.75) is 6.54 Å². The monoisotopic (exact) mass is 277 g/mol. The first-order chi connectivity index (χ1) is 9.06. The number of carbonyl (C=O) groups excluding carboxylic acids is 1. The standard InChI is InChI=1S/C12H11N3O3S/c13-12(16)8-1-3-9(4-2-8)14-7-10-5-6-11(19-10)15(17)18/h1-6,14H,7H2,(H2,13,16). The van der Waals surface area contributed by atoms with E-state index in [0.717, 1.165) is 21.9 Å². The summed E-state index contributed by atoms with van der Waals surface area (Å²) in [5.74, 6) is -0.472. The van der Waals surface area contributed by atoms with Crippen molar-refractivity contribution in [3.8, 4) is 0 Å². The molecule has 0 saturated carbocycles. The summed E-state index contributed by atoms with van der Waals surface area (Å²) in [7, 11) is 0. The lowest BCUT2D eigenvalue weighted by Gasteiger charge is -2.04. The number of nitrogens with one attached hydrogen (secondary N) is 1. The Labute approximate surface area is 113 Å². The van der Waals surface area contributed by atoms with E-state index in [1.807, 2.05) is 0 Å². The number of hydrogen-bond donors (Lipinski definition) is 2. The maximum Gasteiger partial charge on any atom is 0.324 e. The molecule has 0 atom stereocenters. The Morgan fingerprint density at radius 3 is 2.47 bits per heavy atom. The van der Waals surface area contributed by atoms with Crippen LogP contribution in [0, 0.1) is 10.1 Å². The molecule has 0 unspecified atom stereocenters. The second kappa shape index (κ2) is 5.49. The molecule has 98 valence electrons. The number of benzene rings is 1. The van der Waals surface area contributed by atoms with Gasteiger partial charge in [0.05, 0.1) is 4.92 Å². The third-order valence-electron chi connectivity index (χ3n) is 2.46. The van der Waals surface area contributed by atoms with Gasteiger partial charge < -0.3 is 11.1 Å². The van der Waals surface area contributed by atoms with E-state index in [2.05, 4.69) is 5.32 Å². The van der Waals surface area contributed by atoms with Gasteiger partial charge in [-0.3, -0.25) is 14.9 Å². The van der Waals surface area contributed by atoms with Gasteiger partial charge in [0.2, 0.25) is 5.91 Å². The Kier molecular flexibility index (Phi) is 3.76. The van der Waals surface area contributed by atoms with E-state index in [1.54, 1.807) is 30.3 Å². The van der Waals surface area contributed by atoms with Crippen LogP contribution in [0.2, 0.25) is 0 Å². The van der Waals surface area contributed by atoms with Crippen molar-refractivity contribution in [2.24, 2.45) is 5.73 Å². The van der Waals surface area contributed by atoms with E-state index >= 15 is 0 Å². The van der Waals surface area contributed by atoms with Crippen LogP contribution in [-0.2, 0) is 6.54 Å². The van der Waals surface area contributed by atoms with Crippen LogP contribution < -0.4 is 11.1 Å². The molecule has 3 N–H and O–H groups in total. The minimum Gasteiger partial charge on any atom is -0.380 e. The van der Waals surface area contributed by atoms with Crippen molar-refractivity contribution in [1.29, 1.82) is 0 Å². The number of hydrogen-bond acceptors (Lipinski definition) is 5. The molecular weight excluding hydrogens is 266 g/mol. The highest BCUT2D eigenvalue weighted by molar-refractivity contribution is 7.15. The van der Waals surface area contributed by atoms with Gasteiger partial charge in [-0.05, 0) is 30.3 Å². The average Bonchev–Trinajstić information content (AvgIpc) is 2.86. The van der Waals surface area contributed by atoms with E-state index in [-0.39, 0.29) is 5.00 Å². The zero-order valence-electron chi connectivity index (χ0n) is 9.83. The molecule has 1 aromatic carbocycles. The molecule has 1 amide bonds. The number of thiophene rings is 1. The van der Waals surface area contributed by atoms with Crippen molar-refractivity contribution >= 4 is 27.9 Å². The third-order valence-corrected chi connectivity index (χ3v) is 3.50. The largest absolute Gasteiger partial charge is 0.380 e. The molecule has 19 heavy (non-hydrogen) atoms. The molecule has 0 radical (unpaired) electrons. The summed E-state index contributed by atoms with van der Waals surface area (Å²) in [5, 5.41) is 13.8. The summed E-state index contributed by atoms with van der Waals surface area (Å²) < 4.78 is 0. The lowest BCUT2D eigenvalue weighted by atomic mass is 10.2. The number of nitrogens with two attached hydrogens (primary N) is 1. The number of rotatable bonds is 5. The number of nitro groups is 1. The van der Waals surface area contributed by atoms with Crippen LogP contribution in [0.1, 0.15) is 15.2 Å². The van der Waals surface area contributed by atoms with Crippen molar-refractivity contribution in [1.82, 2.24) is 0 Å². The van der Waals surface area contributed by atoms with E-state index in [1.165, 1.54) is 6.07 Å². The molecule has 1 heterocycles. The van der Waals surface area contributed by atoms with Crippen LogP contribution in [0.4, 0.5) is 10.7 Å². The summed E-state index contributed by atoms with van der Waals surface area (Å²) >= 11 is 1.13. The molecule has 6 nitrogen and oxygen atoms in total. The Balaban J connectivity index is 1.97. The highest BCUT2D eigenvalue weighted by Crippen LogP contribution is 2.24. The van der Waals surface area contributed by atoms with Gasteiger partial charge in [-0.2, -0.15) is 0 Å². The highest BCUT2D eigenvalue weighted by Gasteiger charge is 2.09. The Bertz CT molecular complexity index is 607. The molecule has 0 spiro atoms. The zero-order valence-corrected chi connectivity index (χ0v) is 10.6. The molecule has 0 bridgehead atoms. The van der Waals surface area contributed by atoms with Gasteiger partial charge in [0.1, 0.15) is 0 Å². The van der Waals surface area contributed by atoms with Crippen LogP contribution in [0.25, 0.3) is 0 Å². The third kappa shape index (κ3) is 3.29. The topological polar surface area (TPSA) is 98.3 Å². The molecular formula is C12H11N3O3S. The van der Waals surface area contributed by atoms with Gasteiger partial charge in [0, 0.05) is 28.7 Å². The van der Waals surface area contributed by atoms with Crippen molar-refractivity contribution in [3.05, 3.63) is 57.0 Å².